The van der Waals surface area contributed by atoms with Gasteiger partial charge in [0.15, 0.2) is 0 Å². The van der Waals surface area contributed by atoms with Gasteiger partial charge in [-0.25, -0.2) is 5.57 Å². The van der Waals surface area contributed by atoms with Crippen LogP contribution in [0.3, 0.4) is 0 Å². The number of hydrogen-bond acceptors (Lipinski definition) is 0. The third-order valence-electron chi connectivity index (χ3n) is 4.58. The fraction of sp³-hybridized carbons (Fsp3) is 0.526. The van der Waals surface area contributed by atoms with E-state index in [2.05, 4.69) is 45.1 Å². The Kier molecular flexibility index (Phi) is 11.1. The van der Waals surface area contributed by atoms with Crippen LogP contribution in [0.1, 0.15) is 59.3 Å². The molecule has 3 rings (SSSR count). The summed E-state index contributed by atoms with van der Waals surface area (Å²) in [6, 6.07) is 0. The molecule has 0 saturated heterocycles. The third-order valence-corrected chi connectivity index (χ3v) is 5.80. The molecule has 0 aromatic heterocycles. The van der Waals surface area contributed by atoms with Gasteiger partial charge in [-0.2, -0.15) is 11.1 Å². The van der Waals surface area contributed by atoms with Crippen LogP contribution >= 0.6 is 0 Å². The molecule has 0 aliphatic heterocycles. The van der Waals surface area contributed by atoms with E-state index in [-0.39, 0.29) is 24.8 Å². The van der Waals surface area contributed by atoms with Crippen molar-refractivity contribution in [1.29, 1.82) is 0 Å². The van der Waals surface area contributed by atoms with Crippen molar-refractivity contribution >= 4 is 3.21 Å². The molecule has 0 nitrogen and oxygen atoms in total. The van der Waals surface area contributed by atoms with E-state index in [9.17, 15) is 0 Å². The van der Waals surface area contributed by atoms with E-state index in [1.54, 1.807) is 27.4 Å². The zero-order valence-electron chi connectivity index (χ0n) is 13.8. The molecule has 1 fully saturated rings. The van der Waals surface area contributed by atoms with Gasteiger partial charge in [-0.05, 0) is 6.42 Å². The molecule has 1 saturated carbocycles. The summed E-state index contributed by atoms with van der Waals surface area (Å²) in [5.74, 6) is 0.468. The van der Waals surface area contributed by atoms with Crippen molar-refractivity contribution in [3.63, 3.8) is 0 Å². The average molecular weight is 416 g/mol. The van der Waals surface area contributed by atoms with Crippen molar-refractivity contribution in [2.75, 3.05) is 0 Å². The molecular weight excluding hydrogens is 390 g/mol. The van der Waals surface area contributed by atoms with Gasteiger partial charge in [0.05, 0.1) is 0 Å². The van der Waals surface area contributed by atoms with Crippen LogP contribution in [0, 0.1) is 12.0 Å². The molecule has 0 radical (unpaired) electrons. The Bertz CT molecular complexity index is 502. The number of rotatable bonds is 1. The predicted octanol–water partition coefficient (Wildman–Crippen LogP) is -0.734. The summed E-state index contributed by atoms with van der Waals surface area (Å²) in [5.41, 5.74) is 5.73. The van der Waals surface area contributed by atoms with Crippen LogP contribution < -0.4 is 24.8 Å². The van der Waals surface area contributed by atoms with Crippen LogP contribution in [0.2, 0.25) is 0 Å². The second-order valence-corrected chi connectivity index (χ2v) is 7.79. The Morgan fingerprint density at radius 1 is 1.05 bits per heavy atom. The molecule has 0 aromatic carbocycles. The summed E-state index contributed by atoms with van der Waals surface area (Å²) in [6.07, 6.45) is 18.5. The van der Waals surface area contributed by atoms with Crippen molar-refractivity contribution in [3.8, 4) is 0 Å². The normalized spacial score (nSPS) is 23.1. The van der Waals surface area contributed by atoms with Crippen LogP contribution in [0.5, 0.6) is 0 Å². The maximum atomic E-state index is 3.53. The van der Waals surface area contributed by atoms with Gasteiger partial charge in [0.25, 0.3) is 0 Å². The zero-order chi connectivity index (χ0) is 14.5. The maximum absolute atomic E-state index is 3.53. The van der Waals surface area contributed by atoms with Gasteiger partial charge in [-0.1, -0.05) is 43.6 Å². The predicted molar refractivity (Wildman–Crippen MR) is 84.2 cm³/mol. The Morgan fingerprint density at radius 2 is 1.68 bits per heavy atom. The third kappa shape index (κ3) is 6.06. The zero-order valence-corrected chi connectivity index (χ0v) is 17.8. The molecule has 3 aliphatic carbocycles. The Morgan fingerprint density at radius 3 is 2.05 bits per heavy atom. The molecule has 3 heteroatoms. The van der Waals surface area contributed by atoms with Crippen molar-refractivity contribution in [2.24, 2.45) is 5.92 Å². The number of halogens is 2. The fourth-order valence-electron chi connectivity index (χ4n) is 2.97. The first-order valence-electron chi connectivity index (χ1n) is 7.79. The van der Waals surface area contributed by atoms with Gasteiger partial charge in [0.2, 0.25) is 0 Å². The molecule has 0 bridgehead atoms. The molecule has 3 aliphatic rings. The van der Waals surface area contributed by atoms with Crippen molar-refractivity contribution < 1.29 is 49.0 Å². The van der Waals surface area contributed by atoms with Crippen molar-refractivity contribution in [3.05, 3.63) is 46.6 Å². The first-order valence-corrected chi connectivity index (χ1v) is 9.02. The average Bonchev–Trinajstić information content (AvgIpc) is 3.05. The molecule has 120 valence electrons. The SMILES string of the molecule is CC1=[C-]C(C2=CC=CC2)C(C)=C1C.[Cl-].[Cl-].[Zr+2]=[C]1CCCCC1. The van der Waals surface area contributed by atoms with Crippen LogP contribution in [0.4, 0.5) is 0 Å². The first-order chi connectivity index (χ1) is 9.59. The minimum atomic E-state index is 0. The summed E-state index contributed by atoms with van der Waals surface area (Å²) >= 11 is 1.69. The van der Waals surface area contributed by atoms with Gasteiger partial charge >= 0.3 is 59.5 Å². The standard InChI is InChI=1S/C13H15.C6H10.2ClH.Zr/c1-9-8-13(11(3)10(9)2)12-6-4-5-7-12;1-2-4-6-5-3-1;;;/h4-6,13H,7H2,1-3H3;1-5H2;2*1H;/q-1;;;;+2/p-2. The molecule has 1 unspecified atom stereocenters. The Hall–Kier alpha value is 0.293. The second kappa shape index (κ2) is 11.0. The quantitative estimate of drug-likeness (QED) is 0.496. The van der Waals surface area contributed by atoms with Crippen LogP contribution in [-0.2, 0) is 24.2 Å². The van der Waals surface area contributed by atoms with E-state index in [1.165, 1.54) is 54.4 Å². The monoisotopic (exact) mass is 413 g/mol. The topological polar surface area (TPSA) is 0 Å². The fourth-order valence-corrected chi connectivity index (χ4v) is 3.84. The van der Waals surface area contributed by atoms with Gasteiger partial charge in [0, 0.05) is 0 Å². The van der Waals surface area contributed by atoms with Gasteiger partial charge < -0.3 is 24.8 Å². The summed E-state index contributed by atoms with van der Waals surface area (Å²) < 4.78 is 1.80. The van der Waals surface area contributed by atoms with Gasteiger partial charge in [0.1, 0.15) is 0 Å². The van der Waals surface area contributed by atoms with Crippen molar-refractivity contribution in [2.45, 2.75) is 59.3 Å². The van der Waals surface area contributed by atoms with E-state index in [0.29, 0.717) is 5.92 Å². The van der Waals surface area contributed by atoms with Crippen LogP contribution in [0.15, 0.2) is 40.5 Å². The second-order valence-electron chi connectivity index (χ2n) is 6.05. The number of hydrogen-bond donors (Lipinski definition) is 0. The van der Waals surface area contributed by atoms with E-state index in [4.69, 9.17) is 0 Å². The summed E-state index contributed by atoms with van der Waals surface area (Å²) in [5, 5.41) is 0. The van der Waals surface area contributed by atoms with Crippen molar-refractivity contribution in [1.82, 2.24) is 0 Å². The minimum absolute atomic E-state index is 0. The first kappa shape index (κ1) is 22.3. The van der Waals surface area contributed by atoms with Gasteiger partial charge in [-0.15, -0.1) is 6.92 Å². The van der Waals surface area contributed by atoms with E-state index < -0.39 is 0 Å². The van der Waals surface area contributed by atoms with Crippen LogP contribution in [-0.4, -0.2) is 3.21 Å². The van der Waals surface area contributed by atoms with E-state index >= 15 is 0 Å². The summed E-state index contributed by atoms with van der Waals surface area (Å²) in [6.45, 7) is 6.57. The summed E-state index contributed by atoms with van der Waals surface area (Å²) in [7, 11) is 0. The Labute approximate surface area is 163 Å². The van der Waals surface area contributed by atoms with E-state index in [1.807, 2.05) is 0 Å². The molecule has 22 heavy (non-hydrogen) atoms. The number of allylic oxidation sites excluding steroid dienone is 8. The summed E-state index contributed by atoms with van der Waals surface area (Å²) in [4.78, 5) is 0. The molecule has 0 amide bonds. The molecule has 0 N–H and O–H groups in total. The molecule has 0 spiro atoms. The molecular formula is C19H25Cl2Zr-. The molecule has 0 heterocycles. The molecule has 1 atom stereocenters. The molecule has 0 aromatic rings. The van der Waals surface area contributed by atoms with Crippen LogP contribution in [0.25, 0.3) is 0 Å². The van der Waals surface area contributed by atoms with E-state index in [0.717, 1.165) is 6.42 Å². The Balaban J connectivity index is 0.000000425. The van der Waals surface area contributed by atoms with Gasteiger partial charge in [-0.3, -0.25) is 6.08 Å².